The van der Waals surface area contributed by atoms with Gasteiger partial charge in [-0.05, 0) is 19.3 Å². The molecule has 2 atom stereocenters. The minimum Gasteiger partial charge on any atom is -0.348 e. The van der Waals surface area contributed by atoms with Crippen LogP contribution >= 0.6 is 0 Å². The number of fused-ring (bicyclic) bond motifs is 3. The van der Waals surface area contributed by atoms with E-state index in [0.29, 0.717) is 12.6 Å². The van der Waals surface area contributed by atoms with Gasteiger partial charge in [0.1, 0.15) is 0 Å². The molecule has 19 heavy (non-hydrogen) atoms. The summed E-state index contributed by atoms with van der Waals surface area (Å²) < 4.78 is 11.6. The Morgan fingerprint density at radius 3 is 2.53 bits per heavy atom. The SMILES string of the molecule is CN1C(=O)CN2C[C@@H]1CC21CCC2(CC1)OCCO2. The molecule has 4 aliphatic rings. The normalized spacial score (nSPS) is 39.4. The first-order valence-electron chi connectivity index (χ1n) is 7.41. The summed E-state index contributed by atoms with van der Waals surface area (Å²) in [7, 11) is 1.96. The average Bonchev–Trinajstić information content (AvgIpc) is 2.97. The quantitative estimate of drug-likeness (QED) is 0.643. The van der Waals surface area contributed by atoms with E-state index in [1.165, 1.54) is 0 Å². The van der Waals surface area contributed by atoms with Crippen LogP contribution in [0.1, 0.15) is 32.1 Å². The Balaban J connectivity index is 1.52. The van der Waals surface area contributed by atoms with Crippen LogP contribution in [0.25, 0.3) is 0 Å². The maximum absolute atomic E-state index is 12.0. The summed E-state index contributed by atoms with van der Waals surface area (Å²) in [4.78, 5) is 16.4. The molecule has 1 saturated carbocycles. The molecule has 0 aromatic carbocycles. The third kappa shape index (κ3) is 1.68. The van der Waals surface area contributed by atoms with Crippen molar-refractivity contribution in [2.45, 2.75) is 49.5 Å². The van der Waals surface area contributed by atoms with Gasteiger partial charge in [-0.3, -0.25) is 9.69 Å². The summed E-state index contributed by atoms with van der Waals surface area (Å²) in [5.41, 5.74) is 0.228. The standard InChI is InChI=1S/C14H22N2O3/c1-15-11-8-13(16(9-11)10-12(15)17)2-4-14(5-3-13)18-6-7-19-14/h11H,2-10H2,1H3/t11-/m0/s1. The Kier molecular flexibility index (Phi) is 2.51. The average molecular weight is 266 g/mol. The first-order chi connectivity index (χ1) is 9.13. The molecule has 4 rings (SSSR count). The second kappa shape index (κ2) is 3.93. The molecule has 2 bridgehead atoms. The van der Waals surface area contributed by atoms with Crippen LogP contribution < -0.4 is 0 Å². The van der Waals surface area contributed by atoms with E-state index in [4.69, 9.17) is 9.47 Å². The van der Waals surface area contributed by atoms with E-state index in [1.54, 1.807) is 0 Å². The highest BCUT2D eigenvalue weighted by molar-refractivity contribution is 5.79. The van der Waals surface area contributed by atoms with Crippen LogP contribution in [-0.2, 0) is 14.3 Å². The maximum Gasteiger partial charge on any atom is 0.236 e. The fourth-order valence-corrected chi connectivity index (χ4v) is 4.45. The van der Waals surface area contributed by atoms with Crippen LogP contribution in [0.2, 0.25) is 0 Å². The lowest BCUT2D eigenvalue weighted by molar-refractivity contribution is -0.192. The highest BCUT2D eigenvalue weighted by Gasteiger charge is 2.55. The summed E-state index contributed by atoms with van der Waals surface area (Å²) in [6, 6.07) is 0.417. The van der Waals surface area contributed by atoms with Crippen molar-refractivity contribution in [2.24, 2.45) is 0 Å². The van der Waals surface area contributed by atoms with Gasteiger partial charge in [0.05, 0.1) is 19.8 Å². The Morgan fingerprint density at radius 2 is 1.84 bits per heavy atom. The molecule has 1 unspecified atom stereocenters. The highest BCUT2D eigenvalue weighted by atomic mass is 16.7. The van der Waals surface area contributed by atoms with Gasteiger partial charge in [-0.2, -0.15) is 0 Å². The molecule has 0 radical (unpaired) electrons. The summed E-state index contributed by atoms with van der Waals surface area (Å²) in [6.45, 7) is 3.12. The molecule has 0 aromatic heterocycles. The molecule has 4 fully saturated rings. The molecule has 1 amide bonds. The van der Waals surface area contributed by atoms with Gasteiger partial charge in [0.25, 0.3) is 0 Å². The Bertz CT molecular complexity index is 395. The van der Waals surface area contributed by atoms with Gasteiger partial charge < -0.3 is 14.4 Å². The van der Waals surface area contributed by atoms with Crippen LogP contribution in [-0.4, -0.2) is 66.4 Å². The third-order valence-electron chi connectivity index (χ3n) is 5.74. The van der Waals surface area contributed by atoms with Gasteiger partial charge >= 0.3 is 0 Å². The van der Waals surface area contributed by atoms with Gasteiger partial charge in [0.15, 0.2) is 5.79 Å². The van der Waals surface area contributed by atoms with Crippen molar-refractivity contribution >= 4 is 5.91 Å². The van der Waals surface area contributed by atoms with Gasteiger partial charge in [0.2, 0.25) is 5.91 Å². The van der Waals surface area contributed by atoms with Crippen molar-refractivity contribution in [3.63, 3.8) is 0 Å². The zero-order chi connectivity index (χ0) is 13.1. The van der Waals surface area contributed by atoms with E-state index >= 15 is 0 Å². The number of carbonyl (C=O) groups excluding carboxylic acids is 1. The molecule has 106 valence electrons. The molecule has 5 nitrogen and oxygen atoms in total. The van der Waals surface area contributed by atoms with Crippen molar-refractivity contribution in [3.05, 3.63) is 0 Å². The van der Waals surface area contributed by atoms with Crippen LogP contribution in [0.15, 0.2) is 0 Å². The molecular formula is C14H22N2O3. The predicted octanol–water partition coefficient (Wildman–Crippen LogP) is 0.589. The molecule has 3 heterocycles. The van der Waals surface area contributed by atoms with Crippen LogP contribution in [0.5, 0.6) is 0 Å². The summed E-state index contributed by atoms with van der Waals surface area (Å²) in [6.07, 6.45) is 5.29. The van der Waals surface area contributed by atoms with Crippen molar-refractivity contribution in [3.8, 4) is 0 Å². The molecule has 1 aliphatic carbocycles. The molecule has 0 N–H and O–H groups in total. The van der Waals surface area contributed by atoms with Crippen molar-refractivity contribution in [1.82, 2.24) is 9.80 Å². The first-order valence-corrected chi connectivity index (χ1v) is 7.41. The first kappa shape index (κ1) is 12.1. The number of ether oxygens (including phenoxy) is 2. The van der Waals surface area contributed by atoms with Crippen LogP contribution in [0.4, 0.5) is 0 Å². The Labute approximate surface area is 113 Å². The molecule has 0 aromatic rings. The number of hydrogen-bond acceptors (Lipinski definition) is 4. The summed E-state index contributed by atoms with van der Waals surface area (Å²) in [5.74, 6) is -0.0133. The van der Waals surface area contributed by atoms with Crippen LogP contribution in [0.3, 0.4) is 0 Å². The fourth-order valence-electron chi connectivity index (χ4n) is 4.45. The molecule has 3 saturated heterocycles. The smallest absolute Gasteiger partial charge is 0.236 e. The molecule has 2 spiro atoms. The predicted molar refractivity (Wildman–Crippen MR) is 68.6 cm³/mol. The molecular weight excluding hydrogens is 244 g/mol. The largest absolute Gasteiger partial charge is 0.348 e. The Hall–Kier alpha value is -0.650. The highest BCUT2D eigenvalue weighted by Crippen LogP contribution is 2.49. The van der Waals surface area contributed by atoms with Crippen LogP contribution in [0, 0.1) is 0 Å². The van der Waals surface area contributed by atoms with E-state index in [1.807, 2.05) is 11.9 Å². The van der Waals surface area contributed by atoms with Crippen molar-refractivity contribution in [1.29, 1.82) is 0 Å². The van der Waals surface area contributed by atoms with Crippen molar-refractivity contribution in [2.75, 3.05) is 33.4 Å². The van der Waals surface area contributed by atoms with E-state index in [0.717, 1.165) is 51.9 Å². The summed E-state index contributed by atoms with van der Waals surface area (Å²) in [5, 5.41) is 0. The zero-order valence-electron chi connectivity index (χ0n) is 11.6. The van der Waals surface area contributed by atoms with Gasteiger partial charge in [0, 0.05) is 38.0 Å². The van der Waals surface area contributed by atoms with Gasteiger partial charge in [-0.25, -0.2) is 0 Å². The topological polar surface area (TPSA) is 42.0 Å². The van der Waals surface area contributed by atoms with E-state index in [9.17, 15) is 4.79 Å². The van der Waals surface area contributed by atoms with E-state index in [-0.39, 0.29) is 17.2 Å². The number of carbonyl (C=O) groups is 1. The van der Waals surface area contributed by atoms with Gasteiger partial charge in [-0.1, -0.05) is 0 Å². The lowest BCUT2D eigenvalue weighted by Gasteiger charge is -2.46. The number of nitrogens with zero attached hydrogens (tertiary/aromatic N) is 2. The maximum atomic E-state index is 12.0. The lowest BCUT2D eigenvalue weighted by Crippen LogP contribution is -2.54. The zero-order valence-corrected chi connectivity index (χ0v) is 11.6. The third-order valence-corrected chi connectivity index (χ3v) is 5.74. The minimum atomic E-state index is -0.293. The number of hydrogen-bond donors (Lipinski definition) is 0. The molecule has 5 heteroatoms. The monoisotopic (exact) mass is 266 g/mol. The Morgan fingerprint density at radius 1 is 1.16 bits per heavy atom. The number of amides is 1. The summed E-state index contributed by atoms with van der Waals surface area (Å²) >= 11 is 0. The lowest BCUT2D eigenvalue weighted by atomic mass is 9.76. The second-order valence-electron chi connectivity index (χ2n) is 6.58. The second-order valence-corrected chi connectivity index (χ2v) is 6.58. The molecule has 3 aliphatic heterocycles. The van der Waals surface area contributed by atoms with Crippen molar-refractivity contribution < 1.29 is 14.3 Å². The van der Waals surface area contributed by atoms with E-state index < -0.39 is 0 Å². The number of piperazine rings is 1. The van der Waals surface area contributed by atoms with Gasteiger partial charge in [-0.15, -0.1) is 0 Å². The van der Waals surface area contributed by atoms with E-state index in [2.05, 4.69) is 4.90 Å². The fraction of sp³-hybridized carbons (Fsp3) is 0.929. The minimum absolute atomic E-state index is 0.228. The number of rotatable bonds is 0. The number of likely N-dealkylation sites (N-methyl/N-ethyl adjacent to an activating group) is 1.